The Hall–Kier alpha value is -0.760. The summed E-state index contributed by atoms with van der Waals surface area (Å²) >= 11 is 5.13. The topological polar surface area (TPSA) is 30.2 Å². The predicted molar refractivity (Wildman–Crippen MR) is 37.9 cm³/mol. The first-order valence-electron chi connectivity index (χ1n) is 2.98. The summed E-state index contributed by atoms with van der Waals surface area (Å²) in [6.07, 6.45) is 4.23. The molecule has 0 fully saturated rings. The van der Waals surface area contributed by atoms with Crippen LogP contribution in [-0.2, 0) is 11.2 Å². The molecule has 0 aliphatic rings. The second kappa shape index (κ2) is 3.42. The van der Waals surface area contributed by atoms with Gasteiger partial charge in [-0.1, -0.05) is 0 Å². The van der Waals surface area contributed by atoms with Crippen molar-refractivity contribution >= 4 is 16.8 Å². The van der Waals surface area contributed by atoms with Crippen molar-refractivity contribution in [2.24, 2.45) is 0 Å². The lowest BCUT2D eigenvalue weighted by molar-refractivity contribution is -0.111. The van der Waals surface area contributed by atoms with Crippen LogP contribution in [0, 0.1) is 0 Å². The molecule has 0 aliphatic carbocycles. The zero-order chi connectivity index (χ0) is 7.40. The SMILES string of the molecule is O=C(Cl)CCc1ccoc1. The Kier molecular flexibility index (Phi) is 2.51. The van der Waals surface area contributed by atoms with E-state index in [0.717, 1.165) is 5.56 Å². The molecule has 2 nitrogen and oxygen atoms in total. The molecule has 0 N–H and O–H groups in total. The molecule has 0 unspecified atom stereocenters. The van der Waals surface area contributed by atoms with E-state index in [4.69, 9.17) is 16.0 Å². The van der Waals surface area contributed by atoms with Crippen LogP contribution in [0.25, 0.3) is 0 Å². The van der Waals surface area contributed by atoms with Gasteiger partial charge in [0.25, 0.3) is 0 Å². The van der Waals surface area contributed by atoms with Gasteiger partial charge in [0.15, 0.2) is 0 Å². The quantitative estimate of drug-likeness (QED) is 0.630. The van der Waals surface area contributed by atoms with E-state index in [1.54, 1.807) is 12.5 Å². The van der Waals surface area contributed by atoms with Gasteiger partial charge in [0.05, 0.1) is 12.5 Å². The molecule has 1 heterocycles. The van der Waals surface area contributed by atoms with Crippen molar-refractivity contribution in [3.8, 4) is 0 Å². The van der Waals surface area contributed by atoms with Gasteiger partial charge in [-0.3, -0.25) is 4.79 Å². The number of hydrogen-bond donors (Lipinski definition) is 0. The van der Waals surface area contributed by atoms with Crippen molar-refractivity contribution in [1.82, 2.24) is 0 Å². The predicted octanol–water partition coefficient (Wildman–Crippen LogP) is 1.98. The van der Waals surface area contributed by atoms with Gasteiger partial charge >= 0.3 is 0 Å². The van der Waals surface area contributed by atoms with Crippen LogP contribution in [-0.4, -0.2) is 5.24 Å². The van der Waals surface area contributed by atoms with Gasteiger partial charge in [0.2, 0.25) is 5.24 Å². The summed E-state index contributed by atoms with van der Waals surface area (Å²) < 4.78 is 4.79. The third-order valence-corrected chi connectivity index (χ3v) is 1.38. The molecule has 0 atom stereocenters. The summed E-state index contributed by atoms with van der Waals surface area (Å²) in [4.78, 5) is 10.3. The van der Waals surface area contributed by atoms with Gasteiger partial charge in [-0.2, -0.15) is 0 Å². The normalized spacial score (nSPS) is 9.70. The van der Waals surface area contributed by atoms with Gasteiger partial charge in [-0.25, -0.2) is 0 Å². The van der Waals surface area contributed by atoms with Crippen molar-refractivity contribution in [1.29, 1.82) is 0 Å². The number of rotatable bonds is 3. The summed E-state index contributed by atoms with van der Waals surface area (Å²) in [6.45, 7) is 0. The van der Waals surface area contributed by atoms with Gasteiger partial charge < -0.3 is 4.42 Å². The molecule has 0 aliphatic heterocycles. The molecule has 10 heavy (non-hydrogen) atoms. The minimum absolute atomic E-state index is 0.304. The van der Waals surface area contributed by atoms with Gasteiger partial charge in [0, 0.05) is 6.42 Å². The lowest BCUT2D eigenvalue weighted by atomic mass is 10.2. The first-order valence-corrected chi connectivity index (χ1v) is 3.36. The smallest absolute Gasteiger partial charge is 0.221 e. The maximum absolute atomic E-state index is 10.3. The van der Waals surface area contributed by atoms with Crippen LogP contribution in [0.5, 0.6) is 0 Å². The molecule has 0 saturated carbocycles. The summed E-state index contributed by atoms with van der Waals surface area (Å²) in [5, 5.41) is -0.304. The van der Waals surface area contributed by atoms with E-state index < -0.39 is 0 Å². The van der Waals surface area contributed by atoms with Gasteiger partial charge in [-0.15, -0.1) is 0 Å². The Labute approximate surface area is 63.8 Å². The fourth-order valence-electron chi connectivity index (χ4n) is 0.678. The Balaban J connectivity index is 2.35. The van der Waals surface area contributed by atoms with Crippen molar-refractivity contribution in [2.75, 3.05) is 0 Å². The average molecular weight is 159 g/mol. The van der Waals surface area contributed by atoms with Crippen LogP contribution in [0.15, 0.2) is 23.0 Å². The molecule has 0 bridgehead atoms. The molecule has 1 aromatic rings. The van der Waals surface area contributed by atoms with Gasteiger partial charge in [-0.05, 0) is 29.7 Å². The zero-order valence-electron chi connectivity index (χ0n) is 5.34. The van der Waals surface area contributed by atoms with Gasteiger partial charge in [0.1, 0.15) is 0 Å². The van der Waals surface area contributed by atoms with Crippen LogP contribution in [0.3, 0.4) is 0 Å². The van der Waals surface area contributed by atoms with E-state index in [-0.39, 0.29) is 5.24 Å². The van der Waals surface area contributed by atoms with Crippen LogP contribution in [0.4, 0.5) is 0 Å². The second-order valence-corrected chi connectivity index (χ2v) is 2.41. The minimum Gasteiger partial charge on any atom is -0.472 e. The highest BCUT2D eigenvalue weighted by Gasteiger charge is 1.97. The first-order chi connectivity index (χ1) is 4.79. The van der Waals surface area contributed by atoms with E-state index in [1.807, 2.05) is 6.07 Å². The maximum atomic E-state index is 10.3. The average Bonchev–Trinajstić information content (AvgIpc) is 2.34. The van der Waals surface area contributed by atoms with Crippen LogP contribution >= 0.6 is 11.6 Å². The Morgan fingerprint density at radius 1 is 1.70 bits per heavy atom. The standard InChI is InChI=1S/C7H7ClO2/c8-7(9)2-1-6-3-4-10-5-6/h3-5H,1-2H2. The van der Waals surface area contributed by atoms with Crippen LogP contribution in [0.2, 0.25) is 0 Å². The number of hydrogen-bond acceptors (Lipinski definition) is 2. The summed E-state index contributed by atoms with van der Waals surface area (Å²) in [6, 6.07) is 1.82. The second-order valence-electron chi connectivity index (χ2n) is 1.99. The Bertz CT molecular complexity index is 203. The first kappa shape index (κ1) is 7.35. The monoisotopic (exact) mass is 158 g/mol. The summed E-state index contributed by atoms with van der Waals surface area (Å²) in [7, 11) is 0. The van der Waals surface area contributed by atoms with E-state index in [1.165, 1.54) is 0 Å². The lowest BCUT2D eigenvalue weighted by Gasteiger charge is -1.88. The molecule has 1 rings (SSSR count). The van der Waals surface area contributed by atoms with Crippen molar-refractivity contribution in [3.05, 3.63) is 24.2 Å². The largest absolute Gasteiger partial charge is 0.472 e. The third-order valence-electron chi connectivity index (χ3n) is 1.19. The Morgan fingerprint density at radius 2 is 2.50 bits per heavy atom. The number of halogens is 1. The molecule has 3 heteroatoms. The molecule has 0 amide bonds. The van der Waals surface area contributed by atoms with E-state index >= 15 is 0 Å². The van der Waals surface area contributed by atoms with Crippen LogP contribution in [0.1, 0.15) is 12.0 Å². The number of carbonyl (C=O) groups is 1. The number of aryl methyl sites for hydroxylation is 1. The maximum Gasteiger partial charge on any atom is 0.221 e. The molecule has 0 radical (unpaired) electrons. The molecule has 0 spiro atoms. The number of furan rings is 1. The highest BCUT2D eigenvalue weighted by Crippen LogP contribution is 2.04. The summed E-state index contributed by atoms with van der Waals surface area (Å²) in [5.74, 6) is 0. The highest BCUT2D eigenvalue weighted by molar-refractivity contribution is 6.63. The lowest BCUT2D eigenvalue weighted by Crippen LogP contribution is -1.88. The molecule has 0 aromatic carbocycles. The summed E-state index contributed by atoms with van der Waals surface area (Å²) in [5.41, 5.74) is 1.01. The highest BCUT2D eigenvalue weighted by atomic mass is 35.5. The minimum atomic E-state index is -0.304. The van der Waals surface area contributed by atoms with E-state index in [9.17, 15) is 4.79 Å². The van der Waals surface area contributed by atoms with Crippen molar-refractivity contribution < 1.29 is 9.21 Å². The molecule has 54 valence electrons. The third kappa shape index (κ3) is 2.23. The Morgan fingerprint density at radius 3 is 3.00 bits per heavy atom. The molecule has 1 aromatic heterocycles. The number of carbonyl (C=O) groups excluding carboxylic acids is 1. The zero-order valence-corrected chi connectivity index (χ0v) is 6.10. The molecule has 0 saturated heterocycles. The molecular weight excluding hydrogens is 152 g/mol. The fraction of sp³-hybridized carbons (Fsp3) is 0.286. The molecular formula is C7H7ClO2. The van der Waals surface area contributed by atoms with E-state index in [0.29, 0.717) is 12.8 Å². The van der Waals surface area contributed by atoms with E-state index in [2.05, 4.69) is 0 Å². The van der Waals surface area contributed by atoms with Crippen molar-refractivity contribution in [2.45, 2.75) is 12.8 Å². The van der Waals surface area contributed by atoms with Crippen LogP contribution < -0.4 is 0 Å². The van der Waals surface area contributed by atoms with Crippen molar-refractivity contribution in [3.63, 3.8) is 0 Å². The fourth-order valence-corrected chi connectivity index (χ4v) is 0.772.